The van der Waals surface area contributed by atoms with E-state index in [-0.39, 0.29) is 17.4 Å². The molecule has 1 saturated carbocycles. The van der Waals surface area contributed by atoms with Crippen LogP contribution < -0.4 is 0 Å². The summed E-state index contributed by atoms with van der Waals surface area (Å²) >= 11 is 0. The zero-order valence-corrected chi connectivity index (χ0v) is 10.4. The summed E-state index contributed by atoms with van der Waals surface area (Å²) in [4.78, 5) is 0. The van der Waals surface area contributed by atoms with Crippen LogP contribution in [0.4, 0.5) is 0 Å². The molecule has 1 N–H and O–H groups in total. The molecule has 1 aliphatic rings. The fourth-order valence-electron chi connectivity index (χ4n) is 2.60. The van der Waals surface area contributed by atoms with Crippen molar-refractivity contribution in [3.8, 4) is 0 Å². The minimum Gasteiger partial charge on any atom is -0.396 e. The predicted octanol–water partition coefficient (Wildman–Crippen LogP) is 2.04. The molecule has 0 spiro atoms. The van der Waals surface area contributed by atoms with Crippen molar-refractivity contribution < 1.29 is 14.6 Å². The average Bonchev–Trinajstić information content (AvgIpc) is 2.39. The highest BCUT2D eigenvalue weighted by molar-refractivity contribution is 4.99. The van der Waals surface area contributed by atoms with Gasteiger partial charge in [-0.25, -0.2) is 0 Å². The van der Waals surface area contributed by atoms with Gasteiger partial charge in [-0.1, -0.05) is 20.8 Å². The normalized spacial score (nSPS) is 34.6. The summed E-state index contributed by atoms with van der Waals surface area (Å²) in [5.74, 6) is 0.397. The molecule has 3 nitrogen and oxygen atoms in total. The quantitative estimate of drug-likeness (QED) is 0.564. The molecule has 15 heavy (non-hydrogen) atoms. The van der Waals surface area contributed by atoms with Gasteiger partial charge in [-0.05, 0) is 29.6 Å². The highest BCUT2D eigenvalue weighted by Gasteiger charge is 2.51. The third kappa shape index (κ3) is 2.35. The fourth-order valence-corrected chi connectivity index (χ4v) is 2.60. The van der Waals surface area contributed by atoms with Crippen molar-refractivity contribution in [1.82, 2.24) is 0 Å². The summed E-state index contributed by atoms with van der Waals surface area (Å²) < 4.78 is 10.4. The maximum Gasteiger partial charge on any atom is 0.146 e. The molecule has 0 aliphatic heterocycles. The summed E-state index contributed by atoms with van der Waals surface area (Å²) in [6.45, 7) is 8.07. The molecule has 1 rings (SSSR count). The number of aliphatic hydroxyl groups is 1. The van der Waals surface area contributed by atoms with Gasteiger partial charge in [0.05, 0.1) is 6.61 Å². The number of rotatable bonds is 5. The Hall–Kier alpha value is -0.120. The number of hydrogen-bond acceptors (Lipinski definition) is 3. The molecule has 0 aromatic carbocycles. The molecule has 1 fully saturated rings. The van der Waals surface area contributed by atoms with Crippen LogP contribution in [-0.4, -0.2) is 32.2 Å². The Morgan fingerprint density at radius 3 is 2.47 bits per heavy atom. The van der Waals surface area contributed by atoms with Crippen molar-refractivity contribution in [2.45, 2.75) is 33.6 Å². The van der Waals surface area contributed by atoms with Crippen LogP contribution in [0.3, 0.4) is 0 Å². The van der Waals surface area contributed by atoms with E-state index in [1.807, 2.05) is 0 Å². The Morgan fingerprint density at radius 2 is 2.00 bits per heavy atom. The Kier molecular flexibility index (Phi) is 4.15. The van der Waals surface area contributed by atoms with Gasteiger partial charge in [0.1, 0.15) is 6.79 Å². The van der Waals surface area contributed by atoms with E-state index in [1.165, 1.54) is 0 Å². The molecule has 0 bridgehead atoms. The lowest BCUT2D eigenvalue weighted by Gasteiger charge is -2.41. The number of aliphatic hydroxyl groups excluding tert-OH is 1. The van der Waals surface area contributed by atoms with Crippen molar-refractivity contribution in [3.63, 3.8) is 0 Å². The number of ether oxygens (including phenoxy) is 2. The maximum absolute atomic E-state index is 9.34. The minimum atomic E-state index is 0.134. The van der Waals surface area contributed by atoms with Crippen LogP contribution in [0, 0.1) is 16.7 Å². The van der Waals surface area contributed by atoms with E-state index < -0.39 is 0 Å². The second kappa shape index (κ2) is 4.81. The molecule has 3 heteroatoms. The molecule has 0 heterocycles. The molecular formula is C12H24O3. The summed E-state index contributed by atoms with van der Waals surface area (Å²) in [6, 6.07) is 0. The van der Waals surface area contributed by atoms with Crippen LogP contribution in [0.5, 0.6) is 0 Å². The van der Waals surface area contributed by atoms with Crippen LogP contribution in [-0.2, 0) is 9.47 Å². The first-order valence-corrected chi connectivity index (χ1v) is 5.65. The van der Waals surface area contributed by atoms with Crippen LogP contribution in [0.15, 0.2) is 0 Å². The molecule has 0 aromatic rings. The van der Waals surface area contributed by atoms with E-state index in [4.69, 9.17) is 9.47 Å². The maximum atomic E-state index is 9.34. The van der Waals surface area contributed by atoms with E-state index in [2.05, 4.69) is 20.8 Å². The Bertz CT molecular complexity index is 203. The van der Waals surface area contributed by atoms with Crippen LogP contribution in [0.25, 0.3) is 0 Å². The van der Waals surface area contributed by atoms with Gasteiger partial charge in [-0.2, -0.15) is 0 Å². The van der Waals surface area contributed by atoms with E-state index in [9.17, 15) is 5.11 Å². The van der Waals surface area contributed by atoms with Crippen molar-refractivity contribution >= 4 is 0 Å². The van der Waals surface area contributed by atoms with Crippen LogP contribution in [0.2, 0.25) is 0 Å². The monoisotopic (exact) mass is 216 g/mol. The number of methoxy groups -OCH3 is 1. The van der Waals surface area contributed by atoms with E-state index in [0.29, 0.717) is 19.3 Å². The lowest BCUT2D eigenvalue weighted by molar-refractivity contribution is -0.0889. The summed E-state index contributed by atoms with van der Waals surface area (Å²) in [7, 11) is 1.64. The third-order valence-electron chi connectivity index (χ3n) is 4.46. The minimum absolute atomic E-state index is 0.134. The van der Waals surface area contributed by atoms with Crippen LogP contribution in [0.1, 0.15) is 33.6 Å². The van der Waals surface area contributed by atoms with Crippen molar-refractivity contribution in [2.75, 3.05) is 27.1 Å². The average molecular weight is 216 g/mol. The summed E-state index contributed by atoms with van der Waals surface area (Å²) in [5, 5.41) is 9.34. The van der Waals surface area contributed by atoms with Gasteiger partial charge >= 0.3 is 0 Å². The van der Waals surface area contributed by atoms with Gasteiger partial charge in [-0.3, -0.25) is 0 Å². The fraction of sp³-hybridized carbons (Fsp3) is 1.00. The summed E-state index contributed by atoms with van der Waals surface area (Å²) in [6.07, 6.45) is 2.21. The molecule has 0 unspecified atom stereocenters. The Morgan fingerprint density at radius 1 is 1.33 bits per heavy atom. The third-order valence-corrected chi connectivity index (χ3v) is 4.46. The standard InChI is InChI=1S/C12H24O3/c1-11(2)10(7-13)5-6-12(11,3)8-15-9-14-4/h10,13H,5-9H2,1-4H3/t10-,12-/m0/s1. The van der Waals surface area contributed by atoms with Gasteiger partial charge in [0.15, 0.2) is 0 Å². The molecule has 0 radical (unpaired) electrons. The van der Waals surface area contributed by atoms with Crippen LogP contribution >= 0.6 is 0 Å². The number of hydrogen-bond donors (Lipinski definition) is 1. The lowest BCUT2D eigenvalue weighted by atomic mass is 9.66. The van der Waals surface area contributed by atoms with Gasteiger partial charge in [0.2, 0.25) is 0 Å². The predicted molar refractivity (Wildman–Crippen MR) is 59.5 cm³/mol. The molecule has 2 atom stereocenters. The van der Waals surface area contributed by atoms with E-state index >= 15 is 0 Å². The van der Waals surface area contributed by atoms with Gasteiger partial charge in [-0.15, -0.1) is 0 Å². The summed E-state index contributed by atoms with van der Waals surface area (Å²) in [5.41, 5.74) is 0.286. The molecule has 0 aromatic heterocycles. The Labute approximate surface area is 92.8 Å². The smallest absolute Gasteiger partial charge is 0.146 e. The second-order valence-corrected chi connectivity index (χ2v) is 5.46. The van der Waals surface area contributed by atoms with E-state index in [1.54, 1.807) is 7.11 Å². The Balaban J connectivity index is 2.60. The molecule has 0 amide bonds. The highest BCUT2D eigenvalue weighted by atomic mass is 16.7. The first kappa shape index (κ1) is 12.9. The van der Waals surface area contributed by atoms with E-state index in [0.717, 1.165) is 12.8 Å². The molecule has 90 valence electrons. The van der Waals surface area contributed by atoms with Crippen molar-refractivity contribution in [1.29, 1.82) is 0 Å². The van der Waals surface area contributed by atoms with Gasteiger partial charge in [0.25, 0.3) is 0 Å². The molecule has 0 saturated heterocycles. The zero-order valence-electron chi connectivity index (χ0n) is 10.4. The largest absolute Gasteiger partial charge is 0.396 e. The molecular weight excluding hydrogens is 192 g/mol. The lowest BCUT2D eigenvalue weighted by Crippen LogP contribution is -2.39. The first-order chi connectivity index (χ1) is 6.98. The topological polar surface area (TPSA) is 38.7 Å². The SMILES string of the molecule is COCOC[C@]1(C)CC[C@@H](CO)C1(C)C. The zero-order chi connectivity index (χ0) is 11.5. The van der Waals surface area contributed by atoms with Gasteiger partial charge < -0.3 is 14.6 Å². The highest BCUT2D eigenvalue weighted by Crippen LogP contribution is 2.55. The van der Waals surface area contributed by atoms with Crippen molar-refractivity contribution in [3.05, 3.63) is 0 Å². The second-order valence-electron chi connectivity index (χ2n) is 5.46. The first-order valence-electron chi connectivity index (χ1n) is 5.65. The van der Waals surface area contributed by atoms with Crippen molar-refractivity contribution in [2.24, 2.45) is 16.7 Å². The van der Waals surface area contributed by atoms with Gasteiger partial charge in [0, 0.05) is 13.7 Å². The molecule has 1 aliphatic carbocycles.